The number of amides is 1. The van der Waals surface area contributed by atoms with Crippen LogP contribution in [0.1, 0.15) is 0 Å². The molecule has 0 radical (unpaired) electrons. The number of rotatable bonds is 4. The van der Waals surface area contributed by atoms with Crippen molar-refractivity contribution in [3.63, 3.8) is 0 Å². The lowest BCUT2D eigenvalue weighted by molar-refractivity contribution is -0.113. The lowest BCUT2D eigenvalue weighted by atomic mass is 10.3. The molecule has 4 nitrogen and oxygen atoms in total. The summed E-state index contributed by atoms with van der Waals surface area (Å²) in [6.45, 7) is 0. The number of pyridine rings is 1. The standard InChI is InChI=1S/C13H13N3OS/c14-10-5-1-2-6-11(10)16-12(17)9-18-13-7-3-4-8-15-13/h1-8H,9,14H2,(H,16,17). The zero-order chi connectivity index (χ0) is 12.8. The van der Waals surface area contributed by atoms with Gasteiger partial charge in [-0.1, -0.05) is 30.0 Å². The topological polar surface area (TPSA) is 68.0 Å². The second kappa shape index (κ2) is 6.07. The minimum Gasteiger partial charge on any atom is -0.397 e. The normalized spacial score (nSPS) is 10.0. The van der Waals surface area contributed by atoms with Crippen LogP contribution in [-0.4, -0.2) is 16.6 Å². The van der Waals surface area contributed by atoms with E-state index in [4.69, 9.17) is 5.73 Å². The monoisotopic (exact) mass is 259 g/mol. The van der Waals surface area contributed by atoms with E-state index >= 15 is 0 Å². The number of nitrogens with two attached hydrogens (primary N) is 1. The molecule has 0 saturated carbocycles. The molecule has 1 heterocycles. The van der Waals surface area contributed by atoms with Gasteiger partial charge in [-0.25, -0.2) is 4.98 Å². The number of nitrogens with one attached hydrogen (secondary N) is 1. The van der Waals surface area contributed by atoms with E-state index in [1.807, 2.05) is 30.3 Å². The molecule has 0 unspecified atom stereocenters. The van der Waals surface area contributed by atoms with E-state index in [-0.39, 0.29) is 5.91 Å². The summed E-state index contributed by atoms with van der Waals surface area (Å²) in [6, 6.07) is 12.8. The predicted octanol–water partition coefficient (Wildman–Crippen LogP) is 2.39. The molecule has 0 aliphatic heterocycles. The Bertz CT molecular complexity index is 531. The SMILES string of the molecule is Nc1ccccc1NC(=O)CSc1ccccn1. The van der Waals surface area contributed by atoms with E-state index in [0.717, 1.165) is 5.03 Å². The third-order valence-corrected chi connectivity index (χ3v) is 3.17. The fourth-order valence-electron chi connectivity index (χ4n) is 1.37. The Labute approximate surface area is 110 Å². The number of anilines is 2. The van der Waals surface area contributed by atoms with Crippen molar-refractivity contribution < 1.29 is 4.79 Å². The highest BCUT2D eigenvalue weighted by Gasteiger charge is 2.05. The Hall–Kier alpha value is -2.01. The maximum absolute atomic E-state index is 11.7. The molecule has 1 amide bonds. The molecule has 18 heavy (non-hydrogen) atoms. The molecule has 1 aromatic carbocycles. The number of hydrogen-bond acceptors (Lipinski definition) is 4. The van der Waals surface area contributed by atoms with Gasteiger partial charge >= 0.3 is 0 Å². The number of hydrogen-bond donors (Lipinski definition) is 2. The highest BCUT2D eigenvalue weighted by Crippen LogP contribution is 2.18. The summed E-state index contributed by atoms with van der Waals surface area (Å²) in [7, 11) is 0. The van der Waals surface area contributed by atoms with Crippen molar-refractivity contribution in [2.75, 3.05) is 16.8 Å². The number of para-hydroxylation sites is 2. The van der Waals surface area contributed by atoms with Gasteiger partial charge in [0.05, 0.1) is 22.2 Å². The summed E-state index contributed by atoms with van der Waals surface area (Å²) in [5, 5.41) is 3.60. The van der Waals surface area contributed by atoms with Gasteiger partial charge in [-0.15, -0.1) is 0 Å². The third kappa shape index (κ3) is 3.49. The van der Waals surface area contributed by atoms with Gasteiger partial charge in [-0.2, -0.15) is 0 Å². The van der Waals surface area contributed by atoms with Crippen LogP contribution in [0.25, 0.3) is 0 Å². The van der Waals surface area contributed by atoms with Crippen LogP contribution in [0.5, 0.6) is 0 Å². The Kier molecular flexibility index (Phi) is 4.20. The summed E-state index contributed by atoms with van der Waals surface area (Å²) in [4.78, 5) is 15.9. The van der Waals surface area contributed by atoms with Gasteiger partial charge in [0.2, 0.25) is 5.91 Å². The fraction of sp³-hybridized carbons (Fsp3) is 0.0769. The van der Waals surface area contributed by atoms with Crippen LogP contribution in [0, 0.1) is 0 Å². The zero-order valence-electron chi connectivity index (χ0n) is 9.67. The van der Waals surface area contributed by atoms with Gasteiger partial charge in [-0.05, 0) is 24.3 Å². The summed E-state index contributed by atoms with van der Waals surface area (Å²) in [5.41, 5.74) is 6.95. The number of aromatic nitrogens is 1. The van der Waals surface area contributed by atoms with Gasteiger partial charge in [0.25, 0.3) is 0 Å². The molecule has 0 fully saturated rings. The van der Waals surface area contributed by atoms with Crippen LogP contribution in [0.3, 0.4) is 0 Å². The number of nitrogen functional groups attached to an aromatic ring is 1. The first kappa shape index (κ1) is 12.4. The van der Waals surface area contributed by atoms with Crippen LogP contribution in [-0.2, 0) is 4.79 Å². The summed E-state index contributed by atoms with van der Waals surface area (Å²) in [5.74, 6) is 0.217. The third-order valence-electron chi connectivity index (χ3n) is 2.22. The second-order valence-electron chi connectivity index (χ2n) is 3.59. The second-order valence-corrected chi connectivity index (χ2v) is 4.59. The van der Waals surface area contributed by atoms with Crippen molar-refractivity contribution in [1.82, 2.24) is 4.98 Å². The summed E-state index contributed by atoms with van der Waals surface area (Å²) >= 11 is 1.39. The fourth-order valence-corrected chi connectivity index (χ4v) is 2.03. The van der Waals surface area contributed by atoms with E-state index in [2.05, 4.69) is 10.3 Å². The molecular formula is C13H13N3OS. The first-order chi connectivity index (χ1) is 8.75. The van der Waals surface area contributed by atoms with Crippen molar-refractivity contribution in [2.45, 2.75) is 5.03 Å². The number of nitrogens with zero attached hydrogens (tertiary/aromatic N) is 1. The van der Waals surface area contributed by atoms with Crippen molar-refractivity contribution in [2.24, 2.45) is 0 Å². The summed E-state index contributed by atoms with van der Waals surface area (Å²) < 4.78 is 0. The van der Waals surface area contributed by atoms with Crippen molar-refractivity contribution in [3.8, 4) is 0 Å². The average molecular weight is 259 g/mol. The zero-order valence-corrected chi connectivity index (χ0v) is 10.5. The first-order valence-corrected chi connectivity index (χ1v) is 6.42. The van der Waals surface area contributed by atoms with Crippen molar-refractivity contribution >= 4 is 29.0 Å². The molecule has 5 heteroatoms. The molecule has 0 saturated heterocycles. The molecule has 0 aliphatic carbocycles. The molecule has 2 aromatic rings. The van der Waals surface area contributed by atoms with Crippen molar-refractivity contribution in [1.29, 1.82) is 0 Å². The maximum atomic E-state index is 11.7. The predicted molar refractivity (Wildman–Crippen MR) is 74.4 cm³/mol. The Morgan fingerprint density at radius 2 is 2.00 bits per heavy atom. The molecule has 0 atom stereocenters. The molecule has 0 spiro atoms. The van der Waals surface area contributed by atoms with Gasteiger partial charge in [0.1, 0.15) is 0 Å². The van der Waals surface area contributed by atoms with E-state index in [0.29, 0.717) is 17.1 Å². The number of thioether (sulfide) groups is 1. The van der Waals surface area contributed by atoms with Crippen LogP contribution in [0.4, 0.5) is 11.4 Å². The highest BCUT2D eigenvalue weighted by atomic mass is 32.2. The molecule has 2 rings (SSSR count). The van der Waals surface area contributed by atoms with Gasteiger partial charge in [-0.3, -0.25) is 4.79 Å². The molecule has 0 bridgehead atoms. The van der Waals surface area contributed by atoms with Crippen LogP contribution in [0.2, 0.25) is 0 Å². The average Bonchev–Trinajstić information content (AvgIpc) is 2.40. The minimum atomic E-state index is -0.0939. The minimum absolute atomic E-state index is 0.0939. The van der Waals surface area contributed by atoms with E-state index in [1.165, 1.54) is 11.8 Å². The smallest absolute Gasteiger partial charge is 0.234 e. The lowest BCUT2D eigenvalue weighted by Gasteiger charge is -2.07. The van der Waals surface area contributed by atoms with Crippen LogP contribution in [0.15, 0.2) is 53.7 Å². The maximum Gasteiger partial charge on any atom is 0.234 e. The summed E-state index contributed by atoms with van der Waals surface area (Å²) in [6.07, 6.45) is 1.70. The van der Waals surface area contributed by atoms with E-state index in [9.17, 15) is 4.79 Å². The number of carbonyl (C=O) groups is 1. The Balaban J connectivity index is 1.88. The van der Waals surface area contributed by atoms with Crippen molar-refractivity contribution in [3.05, 3.63) is 48.7 Å². The number of benzene rings is 1. The van der Waals surface area contributed by atoms with Gasteiger partial charge in [0.15, 0.2) is 0 Å². The Morgan fingerprint density at radius 3 is 2.72 bits per heavy atom. The Morgan fingerprint density at radius 1 is 1.22 bits per heavy atom. The van der Waals surface area contributed by atoms with Gasteiger partial charge < -0.3 is 11.1 Å². The van der Waals surface area contributed by atoms with Crippen LogP contribution >= 0.6 is 11.8 Å². The van der Waals surface area contributed by atoms with Gasteiger partial charge in [0, 0.05) is 6.20 Å². The first-order valence-electron chi connectivity index (χ1n) is 5.44. The highest BCUT2D eigenvalue weighted by molar-refractivity contribution is 7.99. The number of carbonyl (C=O) groups excluding carboxylic acids is 1. The molecule has 1 aromatic heterocycles. The van der Waals surface area contributed by atoms with E-state index in [1.54, 1.807) is 18.3 Å². The molecule has 92 valence electrons. The molecule has 0 aliphatic rings. The lowest BCUT2D eigenvalue weighted by Crippen LogP contribution is -2.15. The van der Waals surface area contributed by atoms with E-state index < -0.39 is 0 Å². The van der Waals surface area contributed by atoms with Crippen LogP contribution < -0.4 is 11.1 Å². The molecular weight excluding hydrogens is 246 g/mol. The quantitative estimate of drug-likeness (QED) is 0.653. The molecule has 3 N–H and O–H groups in total. The largest absolute Gasteiger partial charge is 0.397 e.